The van der Waals surface area contributed by atoms with Crippen molar-refractivity contribution in [1.29, 1.82) is 0 Å². The number of carbonyl (C=O) groups excluding carboxylic acids is 1. The number of aromatic nitrogens is 2. The number of ether oxygens (including phenoxy) is 2. The van der Waals surface area contributed by atoms with Crippen molar-refractivity contribution in [3.05, 3.63) is 74.5 Å². The number of fused-ring (bicyclic) bond motifs is 1. The number of nitrogens with one attached hydrogen (secondary N) is 2. The van der Waals surface area contributed by atoms with Gasteiger partial charge in [0.25, 0.3) is 5.56 Å². The zero-order valence-electron chi connectivity index (χ0n) is 18.3. The van der Waals surface area contributed by atoms with Crippen LogP contribution < -0.4 is 20.3 Å². The predicted octanol–water partition coefficient (Wildman–Crippen LogP) is 4.99. The highest BCUT2D eigenvalue weighted by Gasteiger charge is 2.31. The second-order valence-corrected chi connectivity index (χ2v) is 8.83. The van der Waals surface area contributed by atoms with Gasteiger partial charge in [0, 0.05) is 23.1 Å². The Morgan fingerprint density at radius 2 is 1.88 bits per heavy atom. The Morgan fingerprint density at radius 1 is 1.09 bits per heavy atom. The first-order valence-corrected chi connectivity index (χ1v) is 12.1. The third-order valence-corrected chi connectivity index (χ3v) is 6.34. The third-order valence-electron chi connectivity index (χ3n) is 5.16. The van der Waals surface area contributed by atoms with Crippen LogP contribution in [0.3, 0.4) is 0 Å². The van der Waals surface area contributed by atoms with Crippen molar-refractivity contribution >= 4 is 35.1 Å². The number of hydrogen-bond donors (Lipinski definition) is 2. The van der Waals surface area contributed by atoms with Crippen LogP contribution in [0, 0.1) is 0 Å². The Bertz CT molecular complexity index is 1230. The van der Waals surface area contributed by atoms with E-state index >= 15 is 0 Å². The van der Waals surface area contributed by atoms with E-state index < -0.39 is 5.92 Å². The summed E-state index contributed by atoms with van der Waals surface area (Å²) in [5, 5.41) is 3.84. The second kappa shape index (κ2) is 10.3. The normalized spacial score (nSPS) is 15.0. The number of aromatic amines is 1. The van der Waals surface area contributed by atoms with Gasteiger partial charge < -0.3 is 19.8 Å². The summed E-state index contributed by atoms with van der Waals surface area (Å²) in [6, 6.07) is 13.0. The molecule has 0 radical (unpaired) electrons. The molecule has 2 aromatic carbocycles. The highest BCUT2D eigenvalue weighted by molar-refractivity contribution is 7.98. The number of halogens is 1. The Kier molecular flexibility index (Phi) is 7.25. The fourth-order valence-electron chi connectivity index (χ4n) is 3.77. The Hall–Kier alpha value is -2.97. The Labute approximate surface area is 200 Å². The number of anilines is 1. The molecule has 9 heteroatoms. The molecule has 0 saturated carbocycles. The van der Waals surface area contributed by atoms with Gasteiger partial charge in [0.15, 0.2) is 16.7 Å². The maximum atomic E-state index is 13.1. The summed E-state index contributed by atoms with van der Waals surface area (Å²) in [6.45, 7) is 4.77. The minimum atomic E-state index is -0.438. The number of benzene rings is 2. The van der Waals surface area contributed by atoms with Crippen molar-refractivity contribution in [1.82, 2.24) is 9.97 Å². The lowest BCUT2D eigenvalue weighted by molar-refractivity contribution is -0.116. The molecule has 2 N–H and O–H groups in total. The van der Waals surface area contributed by atoms with Gasteiger partial charge >= 0.3 is 0 Å². The predicted molar refractivity (Wildman–Crippen MR) is 130 cm³/mol. The molecule has 1 aliphatic heterocycles. The van der Waals surface area contributed by atoms with E-state index in [1.165, 1.54) is 11.8 Å². The van der Waals surface area contributed by atoms with Crippen LogP contribution in [-0.4, -0.2) is 29.1 Å². The Morgan fingerprint density at radius 3 is 2.64 bits per heavy atom. The van der Waals surface area contributed by atoms with E-state index in [4.69, 9.17) is 21.1 Å². The summed E-state index contributed by atoms with van der Waals surface area (Å²) in [5.74, 6) is 1.46. The van der Waals surface area contributed by atoms with Gasteiger partial charge in [-0.2, -0.15) is 0 Å². The van der Waals surface area contributed by atoms with E-state index in [0.717, 1.165) is 11.1 Å². The number of carbonyl (C=O) groups is 1. The molecule has 1 atom stereocenters. The van der Waals surface area contributed by atoms with Gasteiger partial charge in [0.05, 0.1) is 18.8 Å². The molecule has 7 nitrogen and oxygen atoms in total. The van der Waals surface area contributed by atoms with Gasteiger partial charge in [-0.1, -0.05) is 41.6 Å². The number of amides is 1. The lowest BCUT2D eigenvalue weighted by Gasteiger charge is -2.25. The summed E-state index contributed by atoms with van der Waals surface area (Å²) in [7, 11) is 0. The maximum Gasteiger partial charge on any atom is 0.257 e. The smallest absolute Gasteiger partial charge is 0.257 e. The number of thioether (sulfide) groups is 1. The standard InChI is InChI=1S/C24H24ClN3O4S/c1-3-31-18-9-8-15(11-19(18)32-4-2)17-12-20(29)26-22-21(17)23(30)28-24(27-22)33-13-14-6-5-7-16(25)10-14/h5-11,17H,3-4,12-13H2,1-2H3,(H2,26,27,28,29,30)/t17-/m0/s1. The Balaban J connectivity index is 1.65. The van der Waals surface area contributed by atoms with E-state index in [9.17, 15) is 9.59 Å². The zero-order valence-corrected chi connectivity index (χ0v) is 19.9. The van der Waals surface area contributed by atoms with E-state index in [2.05, 4.69) is 15.3 Å². The molecule has 0 spiro atoms. The molecule has 1 aromatic heterocycles. The fourth-order valence-corrected chi connectivity index (χ4v) is 4.78. The molecular weight excluding hydrogens is 462 g/mol. The van der Waals surface area contributed by atoms with E-state index in [1.807, 2.05) is 56.3 Å². The molecule has 1 aliphatic rings. The van der Waals surface area contributed by atoms with Crippen LogP contribution in [0.5, 0.6) is 11.5 Å². The first-order chi connectivity index (χ1) is 16.0. The summed E-state index contributed by atoms with van der Waals surface area (Å²) >= 11 is 7.42. The molecule has 0 bridgehead atoms. The molecule has 0 aliphatic carbocycles. The first-order valence-electron chi connectivity index (χ1n) is 10.7. The highest BCUT2D eigenvalue weighted by Crippen LogP contribution is 2.38. The van der Waals surface area contributed by atoms with Crippen LogP contribution in [0.4, 0.5) is 5.82 Å². The monoisotopic (exact) mass is 485 g/mol. The van der Waals surface area contributed by atoms with Crippen LogP contribution in [0.25, 0.3) is 0 Å². The van der Waals surface area contributed by atoms with Gasteiger partial charge in [-0.3, -0.25) is 9.59 Å². The van der Waals surface area contributed by atoms with Crippen LogP contribution in [0.1, 0.15) is 42.9 Å². The molecule has 0 fully saturated rings. The summed E-state index contributed by atoms with van der Waals surface area (Å²) in [4.78, 5) is 33.0. The summed E-state index contributed by atoms with van der Waals surface area (Å²) < 4.78 is 11.4. The molecule has 2 heterocycles. The lowest BCUT2D eigenvalue weighted by Crippen LogP contribution is -2.31. The third kappa shape index (κ3) is 5.34. The molecule has 0 saturated heterocycles. The second-order valence-electron chi connectivity index (χ2n) is 7.43. The minimum Gasteiger partial charge on any atom is -0.490 e. The van der Waals surface area contributed by atoms with Crippen LogP contribution >= 0.6 is 23.4 Å². The zero-order chi connectivity index (χ0) is 23.4. The minimum absolute atomic E-state index is 0.145. The number of nitrogens with zero attached hydrogens (tertiary/aromatic N) is 1. The van der Waals surface area contributed by atoms with Crippen LogP contribution in [0.15, 0.2) is 52.4 Å². The van der Waals surface area contributed by atoms with Crippen molar-refractivity contribution < 1.29 is 14.3 Å². The molecule has 3 aromatic rings. The van der Waals surface area contributed by atoms with Gasteiger partial charge in [0.1, 0.15) is 5.82 Å². The van der Waals surface area contributed by atoms with Crippen molar-refractivity contribution in [2.75, 3.05) is 18.5 Å². The van der Waals surface area contributed by atoms with Crippen molar-refractivity contribution in [2.45, 2.75) is 37.1 Å². The van der Waals surface area contributed by atoms with Gasteiger partial charge in [0.2, 0.25) is 5.91 Å². The number of rotatable bonds is 8. The number of H-pyrrole nitrogens is 1. The first kappa shape index (κ1) is 23.2. The van der Waals surface area contributed by atoms with Crippen molar-refractivity contribution in [3.63, 3.8) is 0 Å². The van der Waals surface area contributed by atoms with Crippen LogP contribution in [0.2, 0.25) is 5.02 Å². The van der Waals surface area contributed by atoms with Gasteiger partial charge in [-0.25, -0.2) is 4.98 Å². The van der Waals surface area contributed by atoms with E-state index in [-0.39, 0.29) is 17.9 Å². The lowest BCUT2D eigenvalue weighted by atomic mass is 9.86. The average Bonchev–Trinajstić information content (AvgIpc) is 2.78. The topological polar surface area (TPSA) is 93.3 Å². The molecule has 172 valence electrons. The fraction of sp³-hybridized carbons (Fsp3) is 0.292. The highest BCUT2D eigenvalue weighted by atomic mass is 35.5. The molecule has 33 heavy (non-hydrogen) atoms. The SMILES string of the molecule is CCOc1ccc([C@@H]2CC(=O)Nc3nc(SCc4cccc(Cl)c4)[nH]c(=O)c32)cc1OCC. The molecular formula is C24H24ClN3O4S. The largest absolute Gasteiger partial charge is 0.490 e. The summed E-state index contributed by atoms with van der Waals surface area (Å²) in [5.41, 5.74) is 1.97. The van der Waals surface area contributed by atoms with Crippen LogP contribution in [-0.2, 0) is 10.5 Å². The summed E-state index contributed by atoms with van der Waals surface area (Å²) in [6.07, 6.45) is 0.145. The maximum absolute atomic E-state index is 13.1. The quantitative estimate of drug-likeness (QED) is 0.345. The van der Waals surface area contributed by atoms with Crippen molar-refractivity contribution in [2.24, 2.45) is 0 Å². The molecule has 1 amide bonds. The van der Waals surface area contributed by atoms with E-state index in [1.54, 1.807) is 0 Å². The van der Waals surface area contributed by atoms with E-state index in [0.29, 0.717) is 52.0 Å². The number of hydrogen-bond acceptors (Lipinski definition) is 6. The molecule has 4 rings (SSSR count). The van der Waals surface area contributed by atoms with Crippen molar-refractivity contribution in [3.8, 4) is 11.5 Å². The average molecular weight is 486 g/mol. The van der Waals surface area contributed by atoms with Gasteiger partial charge in [-0.15, -0.1) is 0 Å². The van der Waals surface area contributed by atoms with Gasteiger partial charge in [-0.05, 0) is 49.2 Å². The molecule has 0 unspecified atom stereocenters.